The van der Waals surface area contributed by atoms with Gasteiger partial charge in [-0.2, -0.15) is 0 Å². The molecule has 0 spiro atoms. The molecule has 2 aromatic carbocycles. The second kappa shape index (κ2) is 8.42. The molecule has 0 radical (unpaired) electrons. The largest absolute Gasteiger partial charge is 0.326 e. The fraction of sp³-hybridized carbons (Fsp3) is 0.350. The second-order valence-corrected chi connectivity index (χ2v) is 9.35. The first-order valence-electron chi connectivity index (χ1n) is 8.93. The van der Waals surface area contributed by atoms with Crippen molar-refractivity contribution in [3.63, 3.8) is 0 Å². The average Bonchev–Trinajstić information content (AvgIpc) is 2.61. The van der Waals surface area contributed by atoms with Gasteiger partial charge in [-0.1, -0.05) is 35.9 Å². The third-order valence-electron chi connectivity index (χ3n) is 4.67. The molecule has 1 aliphatic rings. The van der Waals surface area contributed by atoms with Gasteiger partial charge in [0.2, 0.25) is 15.9 Å². The Morgan fingerprint density at radius 3 is 2.74 bits per heavy atom. The summed E-state index contributed by atoms with van der Waals surface area (Å²) in [6.07, 6.45) is 1.35. The van der Waals surface area contributed by atoms with E-state index in [1.54, 1.807) is 24.3 Å². The molecule has 1 aliphatic heterocycles. The van der Waals surface area contributed by atoms with Gasteiger partial charge in [0, 0.05) is 23.8 Å². The Bertz CT molecular complexity index is 930. The number of aryl methyl sites for hydroxylation is 1. The molecule has 1 fully saturated rings. The van der Waals surface area contributed by atoms with E-state index in [1.165, 1.54) is 4.31 Å². The van der Waals surface area contributed by atoms with Crippen LogP contribution in [0.15, 0.2) is 48.5 Å². The highest BCUT2D eigenvalue weighted by Gasteiger charge is 2.32. The number of carbonyl (C=O) groups is 1. The summed E-state index contributed by atoms with van der Waals surface area (Å²) < 4.78 is 27.0. The average molecular weight is 407 g/mol. The highest BCUT2D eigenvalue weighted by molar-refractivity contribution is 7.88. The highest BCUT2D eigenvalue weighted by atomic mass is 35.5. The van der Waals surface area contributed by atoms with Gasteiger partial charge in [0.05, 0.1) is 11.7 Å². The highest BCUT2D eigenvalue weighted by Crippen LogP contribution is 2.24. The molecule has 144 valence electrons. The number of benzene rings is 2. The lowest BCUT2D eigenvalue weighted by Crippen LogP contribution is -2.44. The van der Waals surface area contributed by atoms with E-state index in [0.29, 0.717) is 30.0 Å². The molecule has 1 saturated heterocycles. The molecule has 5 nitrogen and oxygen atoms in total. The van der Waals surface area contributed by atoms with Crippen molar-refractivity contribution in [1.29, 1.82) is 0 Å². The van der Waals surface area contributed by atoms with Gasteiger partial charge < -0.3 is 5.32 Å². The lowest BCUT2D eigenvalue weighted by molar-refractivity contribution is -0.120. The quantitative estimate of drug-likeness (QED) is 0.820. The minimum atomic E-state index is -3.50. The number of carbonyl (C=O) groups excluding carboxylic acids is 1. The molecule has 3 rings (SSSR count). The van der Waals surface area contributed by atoms with Gasteiger partial charge in [-0.15, -0.1) is 0 Å². The van der Waals surface area contributed by atoms with Gasteiger partial charge in [0.1, 0.15) is 0 Å². The maximum Gasteiger partial charge on any atom is 0.228 e. The number of nitrogens with one attached hydrogen (secondary N) is 1. The van der Waals surface area contributed by atoms with Crippen LogP contribution in [-0.4, -0.2) is 31.7 Å². The Kier molecular flexibility index (Phi) is 6.19. The zero-order valence-electron chi connectivity index (χ0n) is 15.2. The topological polar surface area (TPSA) is 66.5 Å². The normalized spacial score (nSPS) is 18.2. The second-order valence-electron chi connectivity index (χ2n) is 6.94. The van der Waals surface area contributed by atoms with Crippen molar-refractivity contribution in [3.05, 3.63) is 64.7 Å². The maximum atomic E-state index is 12.8. The van der Waals surface area contributed by atoms with Crippen molar-refractivity contribution < 1.29 is 13.2 Å². The van der Waals surface area contributed by atoms with Crippen molar-refractivity contribution in [2.45, 2.75) is 25.5 Å². The fourth-order valence-corrected chi connectivity index (χ4v) is 5.12. The Morgan fingerprint density at radius 2 is 2.00 bits per heavy atom. The van der Waals surface area contributed by atoms with E-state index in [1.807, 2.05) is 31.2 Å². The van der Waals surface area contributed by atoms with E-state index in [4.69, 9.17) is 11.6 Å². The number of hydrogen-bond acceptors (Lipinski definition) is 3. The van der Waals surface area contributed by atoms with Crippen molar-refractivity contribution in [1.82, 2.24) is 4.31 Å². The predicted molar refractivity (Wildman–Crippen MR) is 108 cm³/mol. The van der Waals surface area contributed by atoms with Crippen LogP contribution < -0.4 is 5.32 Å². The lowest BCUT2D eigenvalue weighted by Gasteiger charge is -2.31. The molecule has 1 heterocycles. The van der Waals surface area contributed by atoms with Crippen molar-refractivity contribution in [2.24, 2.45) is 5.92 Å². The number of sulfonamides is 1. The molecule has 1 amide bonds. The Hall–Kier alpha value is -1.89. The number of piperidine rings is 1. The first kappa shape index (κ1) is 19.9. The van der Waals surface area contributed by atoms with E-state index in [9.17, 15) is 13.2 Å². The van der Waals surface area contributed by atoms with Crippen molar-refractivity contribution >= 4 is 33.2 Å². The molecule has 1 atom stereocenters. The number of halogens is 1. The summed E-state index contributed by atoms with van der Waals surface area (Å²) in [5.41, 5.74) is 2.44. The summed E-state index contributed by atoms with van der Waals surface area (Å²) in [4.78, 5) is 12.6. The molecular formula is C20H23ClN2O3S. The first-order valence-corrected chi connectivity index (χ1v) is 10.9. The first-order chi connectivity index (χ1) is 12.8. The number of anilines is 1. The fourth-order valence-electron chi connectivity index (χ4n) is 3.30. The van der Waals surface area contributed by atoms with E-state index in [2.05, 4.69) is 5.32 Å². The van der Waals surface area contributed by atoms with Crippen LogP contribution >= 0.6 is 11.6 Å². The zero-order valence-corrected chi connectivity index (χ0v) is 16.8. The van der Waals surface area contributed by atoms with Gasteiger partial charge in [-0.05, 0) is 55.2 Å². The third kappa shape index (κ3) is 5.31. The van der Waals surface area contributed by atoms with Crippen LogP contribution in [-0.2, 0) is 20.6 Å². The Labute approximate surface area is 165 Å². The molecule has 0 saturated carbocycles. The smallest absolute Gasteiger partial charge is 0.228 e. The SMILES string of the molecule is Cc1cccc(NC(=O)[C@@H]2CCCN(S(=O)(=O)Cc3cccc(Cl)c3)C2)c1. The minimum Gasteiger partial charge on any atom is -0.326 e. The maximum absolute atomic E-state index is 12.8. The Morgan fingerprint density at radius 1 is 1.22 bits per heavy atom. The molecular weight excluding hydrogens is 384 g/mol. The van der Waals surface area contributed by atoms with Crippen LogP contribution in [0.1, 0.15) is 24.0 Å². The summed E-state index contributed by atoms with van der Waals surface area (Å²) in [5.74, 6) is -0.601. The van der Waals surface area contributed by atoms with Crippen LogP contribution in [0.5, 0.6) is 0 Å². The van der Waals surface area contributed by atoms with Crippen LogP contribution in [0.25, 0.3) is 0 Å². The summed E-state index contributed by atoms with van der Waals surface area (Å²) >= 11 is 5.95. The van der Waals surface area contributed by atoms with E-state index in [-0.39, 0.29) is 24.1 Å². The Balaban J connectivity index is 1.66. The number of nitrogens with zero attached hydrogens (tertiary/aromatic N) is 1. The number of hydrogen-bond donors (Lipinski definition) is 1. The van der Waals surface area contributed by atoms with Crippen LogP contribution in [0, 0.1) is 12.8 Å². The van der Waals surface area contributed by atoms with Crippen LogP contribution in [0.2, 0.25) is 5.02 Å². The van der Waals surface area contributed by atoms with Crippen molar-refractivity contribution in [2.75, 3.05) is 18.4 Å². The number of amides is 1. The third-order valence-corrected chi connectivity index (χ3v) is 6.72. The lowest BCUT2D eigenvalue weighted by atomic mass is 9.98. The molecule has 1 N–H and O–H groups in total. The molecule has 2 aromatic rings. The van der Waals surface area contributed by atoms with Crippen molar-refractivity contribution in [3.8, 4) is 0 Å². The minimum absolute atomic E-state index is 0.111. The molecule has 0 aromatic heterocycles. The summed E-state index contributed by atoms with van der Waals surface area (Å²) in [6.45, 7) is 2.61. The summed E-state index contributed by atoms with van der Waals surface area (Å²) in [7, 11) is -3.50. The van der Waals surface area contributed by atoms with Crippen LogP contribution in [0.4, 0.5) is 5.69 Å². The van der Waals surface area contributed by atoms with Crippen LogP contribution in [0.3, 0.4) is 0 Å². The van der Waals surface area contributed by atoms with E-state index < -0.39 is 10.0 Å². The van der Waals surface area contributed by atoms with Gasteiger partial charge in [0.15, 0.2) is 0 Å². The van der Waals surface area contributed by atoms with E-state index in [0.717, 1.165) is 11.3 Å². The monoisotopic (exact) mass is 406 g/mol. The van der Waals surface area contributed by atoms with Gasteiger partial charge in [-0.25, -0.2) is 12.7 Å². The molecule has 0 unspecified atom stereocenters. The predicted octanol–water partition coefficient (Wildman–Crippen LogP) is 3.83. The molecule has 7 heteroatoms. The summed E-state index contributed by atoms with van der Waals surface area (Å²) in [6, 6.07) is 14.4. The van der Waals surface area contributed by atoms with Gasteiger partial charge in [-0.3, -0.25) is 4.79 Å². The molecule has 0 bridgehead atoms. The zero-order chi connectivity index (χ0) is 19.4. The number of rotatable bonds is 5. The standard InChI is InChI=1S/C20H23ClN2O3S/c1-15-5-2-9-19(11-15)22-20(24)17-7-4-10-23(13-17)27(25,26)14-16-6-3-8-18(21)12-16/h2-3,5-6,8-9,11-12,17H,4,7,10,13-14H2,1H3,(H,22,24)/t17-/m1/s1. The van der Waals surface area contributed by atoms with E-state index >= 15 is 0 Å². The van der Waals surface area contributed by atoms with Gasteiger partial charge >= 0.3 is 0 Å². The van der Waals surface area contributed by atoms with Gasteiger partial charge in [0.25, 0.3) is 0 Å². The summed E-state index contributed by atoms with van der Waals surface area (Å²) in [5, 5.41) is 3.41. The molecule has 0 aliphatic carbocycles. The molecule has 27 heavy (non-hydrogen) atoms.